The number of carboxylic acid groups (broad SMARTS) is 1. The molecule has 19 heavy (non-hydrogen) atoms. The Bertz CT molecular complexity index is 746. The molecule has 0 fully saturated rings. The molecule has 2 aromatic heterocycles. The largest absolute Gasteiger partial charge is 0.476 e. The maximum atomic E-state index is 10.8. The minimum absolute atomic E-state index is 0.0571. The fraction of sp³-hybridized carbons (Fsp3) is 0.0769. The lowest BCUT2D eigenvalue weighted by Gasteiger charge is -2.05. The molecule has 94 valence electrons. The van der Waals surface area contributed by atoms with Gasteiger partial charge in [0.25, 0.3) is 0 Å². The smallest absolute Gasteiger partial charge is 0.358 e. The van der Waals surface area contributed by atoms with Crippen LogP contribution in [0.4, 0.5) is 0 Å². The van der Waals surface area contributed by atoms with Crippen molar-refractivity contribution < 1.29 is 9.90 Å². The molecule has 0 saturated heterocycles. The average Bonchev–Trinajstić information content (AvgIpc) is 2.88. The van der Waals surface area contributed by atoms with E-state index in [9.17, 15) is 4.79 Å². The number of rotatable bonds is 3. The maximum Gasteiger partial charge on any atom is 0.358 e. The van der Waals surface area contributed by atoms with Crippen LogP contribution in [0.25, 0.3) is 10.9 Å². The summed E-state index contributed by atoms with van der Waals surface area (Å²) in [4.78, 5) is 15.0. The Labute approximate surface area is 108 Å². The highest BCUT2D eigenvalue weighted by Gasteiger charge is 2.09. The van der Waals surface area contributed by atoms with Crippen molar-refractivity contribution in [2.45, 2.75) is 6.54 Å². The van der Waals surface area contributed by atoms with Crippen molar-refractivity contribution in [1.29, 1.82) is 0 Å². The van der Waals surface area contributed by atoms with Gasteiger partial charge in [-0.3, -0.25) is 4.98 Å². The molecule has 0 radical (unpaired) electrons. The van der Waals surface area contributed by atoms with E-state index in [1.54, 1.807) is 6.20 Å². The number of hydrogen-bond acceptors (Lipinski definition) is 4. The van der Waals surface area contributed by atoms with Crippen LogP contribution in [-0.2, 0) is 6.54 Å². The van der Waals surface area contributed by atoms with Crippen LogP contribution in [0.2, 0.25) is 0 Å². The molecule has 1 aromatic carbocycles. The number of hydrogen-bond donors (Lipinski definition) is 1. The van der Waals surface area contributed by atoms with Crippen LogP contribution >= 0.6 is 0 Å². The highest BCUT2D eigenvalue weighted by Crippen LogP contribution is 2.16. The Hall–Kier alpha value is -2.76. The lowest BCUT2D eigenvalue weighted by Crippen LogP contribution is -2.01. The zero-order valence-corrected chi connectivity index (χ0v) is 9.89. The zero-order chi connectivity index (χ0) is 13.2. The van der Waals surface area contributed by atoms with Crippen LogP contribution in [0.5, 0.6) is 0 Å². The predicted molar refractivity (Wildman–Crippen MR) is 67.8 cm³/mol. The molecule has 0 unspecified atom stereocenters. The van der Waals surface area contributed by atoms with Crippen LogP contribution < -0.4 is 0 Å². The Morgan fingerprint density at radius 2 is 2.11 bits per heavy atom. The molecule has 0 atom stereocenters. The van der Waals surface area contributed by atoms with E-state index in [-0.39, 0.29) is 5.69 Å². The van der Waals surface area contributed by atoms with E-state index in [2.05, 4.69) is 15.3 Å². The van der Waals surface area contributed by atoms with Crippen molar-refractivity contribution in [3.63, 3.8) is 0 Å². The number of fused-ring (bicyclic) bond motifs is 1. The van der Waals surface area contributed by atoms with Gasteiger partial charge in [0, 0.05) is 11.6 Å². The molecule has 0 spiro atoms. The molecular formula is C13H10N4O2. The quantitative estimate of drug-likeness (QED) is 0.767. The summed E-state index contributed by atoms with van der Waals surface area (Å²) in [5.41, 5.74) is 1.87. The highest BCUT2D eigenvalue weighted by atomic mass is 16.4. The summed E-state index contributed by atoms with van der Waals surface area (Å²) in [7, 11) is 0. The zero-order valence-electron chi connectivity index (χ0n) is 9.89. The SMILES string of the molecule is O=C(O)c1cn(Cc2ccnc3ccccc23)nn1. The van der Waals surface area contributed by atoms with Gasteiger partial charge < -0.3 is 5.11 Å². The predicted octanol–water partition coefficient (Wildman–Crippen LogP) is 1.57. The van der Waals surface area contributed by atoms with Gasteiger partial charge in [-0.25, -0.2) is 9.48 Å². The van der Waals surface area contributed by atoms with E-state index in [0.29, 0.717) is 6.54 Å². The van der Waals surface area contributed by atoms with Gasteiger partial charge in [-0.2, -0.15) is 0 Å². The standard InChI is InChI=1S/C13H10N4O2/c18-13(19)12-8-17(16-15-12)7-9-5-6-14-11-4-2-1-3-10(9)11/h1-6,8H,7H2,(H,18,19). The molecule has 0 aliphatic carbocycles. The Kier molecular flexibility index (Phi) is 2.68. The monoisotopic (exact) mass is 254 g/mol. The molecule has 3 aromatic rings. The van der Waals surface area contributed by atoms with Gasteiger partial charge in [0.1, 0.15) is 0 Å². The molecular weight excluding hydrogens is 244 g/mol. The first-order chi connectivity index (χ1) is 9.24. The lowest BCUT2D eigenvalue weighted by molar-refractivity contribution is 0.0690. The number of para-hydroxylation sites is 1. The third kappa shape index (κ3) is 2.15. The Morgan fingerprint density at radius 1 is 1.26 bits per heavy atom. The van der Waals surface area contributed by atoms with Crippen LogP contribution in [0, 0.1) is 0 Å². The van der Waals surface area contributed by atoms with Crippen LogP contribution in [0.15, 0.2) is 42.7 Å². The number of pyridine rings is 1. The molecule has 6 nitrogen and oxygen atoms in total. The summed E-state index contributed by atoms with van der Waals surface area (Å²) in [6, 6.07) is 9.68. The summed E-state index contributed by atoms with van der Waals surface area (Å²) in [6.07, 6.45) is 3.14. The fourth-order valence-electron chi connectivity index (χ4n) is 1.94. The van der Waals surface area contributed by atoms with Crippen molar-refractivity contribution in [1.82, 2.24) is 20.0 Å². The molecule has 3 rings (SSSR count). The second kappa shape index (κ2) is 4.49. The summed E-state index contributed by atoms with van der Waals surface area (Å²) in [5, 5.41) is 17.2. The molecule has 0 aliphatic rings. The van der Waals surface area contributed by atoms with E-state index < -0.39 is 5.97 Å². The molecule has 2 heterocycles. The minimum Gasteiger partial charge on any atom is -0.476 e. The molecule has 0 amide bonds. The molecule has 1 N–H and O–H groups in total. The van der Waals surface area contributed by atoms with Crippen molar-refractivity contribution in [2.24, 2.45) is 0 Å². The third-order valence-corrected chi connectivity index (χ3v) is 2.83. The normalized spacial score (nSPS) is 10.7. The number of nitrogens with zero attached hydrogens (tertiary/aromatic N) is 4. The number of carboxylic acids is 1. The number of carbonyl (C=O) groups is 1. The second-order valence-corrected chi connectivity index (χ2v) is 4.09. The van der Waals surface area contributed by atoms with Gasteiger partial charge in [-0.05, 0) is 17.7 Å². The first-order valence-electron chi connectivity index (χ1n) is 5.70. The number of aromatic carboxylic acids is 1. The van der Waals surface area contributed by atoms with Crippen molar-refractivity contribution in [3.05, 3.63) is 54.0 Å². The van der Waals surface area contributed by atoms with Crippen molar-refractivity contribution in [2.75, 3.05) is 0 Å². The van der Waals surface area contributed by atoms with Gasteiger partial charge in [0.2, 0.25) is 0 Å². The molecule has 0 aliphatic heterocycles. The summed E-state index contributed by atoms with van der Waals surface area (Å²) in [6.45, 7) is 0.462. The number of benzene rings is 1. The third-order valence-electron chi connectivity index (χ3n) is 2.83. The van der Waals surface area contributed by atoms with E-state index >= 15 is 0 Å². The van der Waals surface area contributed by atoms with E-state index in [1.165, 1.54) is 10.9 Å². The van der Waals surface area contributed by atoms with Gasteiger partial charge in [-0.15, -0.1) is 5.10 Å². The first-order valence-corrected chi connectivity index (χ1v) is 5.70. The minimum atomic E-state index is -1.08. The van der Waals surface area contributed by atoms with Gasteiger partial charge in [0.15, 0.2) is 5.69 Å². The van der Waals surface area contributed by atoms with Gasteiger partial charge >= 0.3 is 5.97 Å². The van der Waals surface area contributed by atoms with Crippen molar-refractivity contribution in [3.8, 4) is 0 Å². The van der Waals surface area contributed by atoms with Crippen LogP contribution in [0.1, 0.15) is 16.1 Å². The van der Waals surface area contributed by atoms with Gasteiger partial charge in [-0.1, -0.05) is 23.4 Å². The van der Waals surface area contributed by atoms with E-state index in [1.807, 2.05) is 30.3 Å². The highest BCUT2D eigenvalue weighted by molar-refractivity contribution is 5.84. The Balaban J connectivity index is 1.98. The first kappa shape index (κ1) is 11.3. The van der Waals surface area contributed by atoms with Crippen molar-refractivity contribution >= 4 is 16.9 Å². The average molecular weight is 254 g/mol. The maximum absolute atomic E-state index is 10.8. The topological polar surface area (TPSA) is 80.9 Å². The van der Waals surface area contributed by atoms with E-state index in [0.717, 1.165) is 16.5 Å². The fourth-order valence-corrected chi connectivity index (χ4v) is 1.94. The van der Waals surface area contributed by atoms with Gasteiger partial charge in [0.05, 0.1) is 18.3 Å². The second-order valence-electron chi connectivity index (χ2n) is 4.09. The van der Waals surface area contributed by atoms with E-state index in [4.69, 9.17) is 5.11 Å². The van der Waals surface area contributed by atoms with Crippen LogP contribution in [-0.4, -0.2) is 31.1 Å². The number of aromatic nitrogens is 4. The summed E-state index contributed by atoms with van der Waals surface area (Å²) < 4.78 is 1.51. The summed E-state index contributed by atoms with van der Waals surface area (Å²) >= 11 is 0. The molecule has 0 saturated carbocycles. The molecule has 6 heteroatoms. The lowest BCUT2D eigenvalue weighted by atomic mass is 10.1. The summed E-state index contributed by atoms with van der Waals surface area (Å²) in [5.74, 6) is -1.08. The van der Waals surface area contributed by atoms with Crippen LogP contribution in [0.3, 0.4) is 0 Å². The molecule has 0 bridgehead atoms. The Morgan fingerprint density at radius 3 is 2.89 bits per heavy atom.